The van der Waals surface area contributed by atoms with Gasteiger partial charge in [-0.15, -0.1) is 0 Å². The molecule has 0 saturated carbocycles. The minimum atomic E-state index is -4.76. The minimum absolute atomic E-state index is 0.0836. The zero-order valence-corrected chi connectivity index (χ0v) is 28.9. The number of hydrogen-bond acceptors (Lipinski definition) is 4. The SMILES string of the molecule is Cc1ccc(N)c(C(c2ccc(-c3ccc(C(c4cc(C(F)(F)F)ccc4N)c4cc(C(F)(F)F)ccc4N)cc3)cc2)c2cc(C(F)(F)F)ccc2N)c1. The van der Waals surface area contributed by atoms with Crippen molar-refractivity contribution in [2.45, 2.75) is 37.3 Å². The molecule has 13 heteroatoms. The lowest BCUT2D eigenvalue weighted by Crippen LogP contribution is -2.14. The number of aryl methyl sites for hydroxylation is 1. The van der Waals surface area contributed by atoms with E-state index in [0.717, 1.165) is 54.1 Å². The van der Waals surface area contributed by atoms with E-state index < -0.39 is 47.1 Å². The normalized spacial score (nSPS) is 12.9. The van der Waals surface area contributed by atoms with Gasteiger partial charge in [0.1, 0.15) is 0 Å². The first-order valence-electron chi connectivity index (χ1n) is 16.7. The third-order valence-electron chi connectivity index (χ3n) is 9.55. The van der Waals surface area contributed by atoms with Crippen LogP contribution in [0.15, 0.2) is 121 Å². The summed E-state index contributed by atoms with van der Waals surface area (Å²) in [5.74, 6) is -2.00. The van der Waals surface area contributed by atoms with Crippen LogP contribution >= 0.6 is 0 Å². The molecule has 0 heterocycles. The maximum absolute atomic E-state index is 13.8. The first kappa shape index (κ1) is 38.6. The van der Waals surface area contributed by atoms with Crippen molar-refractivity contribution in [2.75, 3.05) is 22.9 Å². The predicted molar refractivity (Wildman–Crippen MR) is 197 cm³/mol. The van der Waals surface area contributed by atoms with Crippen LogP contribution in [0.1, 0.15) is 67.5 Å². The van der Waals surface area contributed by atoms with E-state index in [1.54, 1.807) is 66.7 Å². The highest BCUT2D eigenvalue weighted by molar-refractivity contribution is 5.69. The summed E-state index contributed by atoms with van der Waals surface area (Å²) in [6.07, 6.45) is -14.2. The Morgan fingerprint density at radius 1 is 0.364 bits per heavy atom. The second-order valence-electron chi connectivity index (χ2n) is 13.3. The summed E-state index contributed by atoms with van der Waals surface area (Å²) in [5.41, 5.74) is 26.0. The van der Waals surface area contributed by atoms with Crippen LogP contribution in [0.5, 0.6) is 0 Å². The van der Waals surface area contributed by atoms with E-state index in [2.05, 4.69) is 0 Å². The van der Waals surface area contributed by atoms with Crippen molar-refractivity contribution in [1.29, 1.82) is 0 Å². The van der Waals surface area contributed by atoms with E-state index in [-0.39, 0.29) is 33.8 Å². The highest BCUT2D eigenvalue weighted by Gasteiger charge is 2.36. The molecule has 6 aromatic rings. The average molecular weight is 765 g/mol. The van der Waals surface area contributed by atoms with Gasteiger partial charge >= 0.3 is 18.5 Å². The van der Waals surface area contributed by atoms with Crippen molar-refractivity contribution in [2.24, 2.45) is 0 Å². The zero-order chi connectivity index (χ0) is 40.0. The Morgan fingerprint density at radius 3 is 0.927 bits per heavy atom. The zero-order valence-electron chi connectivity index (χ0n) is 28.9. The molecule has 0 fully saturated rings. The van der Waals surface area contributed by atoms with Gasteiger partial charge in [-0.05, 0) is 112 Å². The van der Waals surface area contributed by atoms with E-state index >= 15 is 0 Å². The Bertz CT molecular complexity index is 2280. The lowest BCUT2D eigenvalue weighted by Gasteiger charge is -2.25. The summed E-state index contributed by atoms with van der Waals surface area (Å²) < 4.78 is 124. The highest BCUT2D eigenvalue weighted by Crippen LogP contribution is 2.44. The number of rotatable bonds is 7. The molecule has 8 N–H and O–H groups in total. The van der Waals surface area contributed by atoms with Crippen LogP contribution in [-0.4, -0.2) is 0 Å². The molecule has 55 heavy (non-hydrogen) atoms. The van der Waals surface area contributed by atoms with Gasteiger partial charge in [-0.1, -0.05) is 66.2 Å². The molecule has 0 amide bonds. The van der Waals surface area contributed by atoms with E-state index in [4.69, 9.17) is 22.9 Å². The van der Waals surface area contributed by atoms with E-state index in [1.807, 2.05) is 6.92 Å². The Hall–Kier alpha value is -6.11. The summed E-state index contributed by atoms with van der Waals surface area (Å²) in [5, 5.41) is 0. The third kappa shape index (κ3) is 8.06. The van der Waals surface area contributed by atoms with Gasteiger partial charge in [0.15, 0.2) is 0 Å². The number of anilines is 4. The Balaban J connectivity index is 1.43. The van der Waals surface area contributed by atoms with Crippen molar-refractivity contribution in [3.05, 3.63) is 177 Å². The van der Waals surface area contributed by atoms with Crippen molar-refractivity contribution in [3.8, 4) is 11.1 Å². The van der Waals surface area contributed by atoms with Crippen LogP contribution in [0.3, 0.4) is 0 Å². The first-order valence-corrected chi connectivity index (χ1v) is 16.7. The van der Waals surface area contributed by atoms with Gasteiger partial charge in [0, 0.05) is 34.6 Å². The summed E-state index contributed by atoms with van der Waals surface area (Å²) in [4.78, 5) is 0. The molecule has 1 atom stereocenters. The van der Waals surface area contributed by atoms with Crippen LogP contribution in [0.2, 0.25) is 0 Å². The van der Waals surface area contributed by atoms with Crippen LogP contribution in [0.25, 0.3) is 11.1 Å². The van der Waals surface area contributed by atoms with Gasteiger partial charge in [-0.25, -0.2) is 0 Å². The molecule has 0 radical (unpaired) electrons. The summed E-state index contributed by atoms with van der Waals surface area (Å²) in [6.45, 7) is 1.83. The Labute approximate surface area is 310 Å². The maximum Gasteiger partial charge on any atom is 0.416 e. The van der Waals surface area contributed by atoms with Gasteiger partial charge in [0.25, 0.3) is 0 Å². The molecule has 1 unspecified atom stereocenters. The van der Waals surface area contributed by atoms with Gasteiger partial charge < -0.3 is 22.9 Å². The van der Waals surface area contributed by atoms with Gasteiger partial charge in [0.05, 0.1) is 16.7 Å². The molecule has 6 aromatic carbocycles. The maximum atomic E-state index is 13.8. The van der Waals surface area contributed by atoms with Crippen molar-refractivity contribution < 1.29 is 39.5 Å². The first-order chi connectivity index (χ1) is 25.7. The molecule has 284 valence electrons. The largest absolute Gasteiger partial charge is 0.416 e. The Morgan fingerprint density at radius 2 is 0.636 bits per heavy atom. The lowest BCUT2D eigenvalue weighted by molar-refractivity contribution is -0.138. The topological polar surface area (TPSA) is 104 Å². The third-order valence-corrected chi connectivity index (χ3v) is 9.55. The minimum Gasteiger partial charge on any atom is -0.398 e. The van der Waals surface area contributed by atoms with E-state index in [0.29, 0.717) is 33.5 Å². The average Bonchev–Trinajstić information content (AvgIpc) is 3.11. The van der Waals surface area contributed by atoms with Gasteiger partial charge in [-0.3, -0.25) is 0 Å². The van der Waals surface area contributed by atoms with Crippen molar-refractivity contribution >= 4 is 22.7 Å². The summed E-state index contributed by atoms with van der Waals surface area (Å²) in [7, 11) is 0. The van der Waals surface area contributed by atoms with Gasteiger partial charge in [0.2, 0.25) is 0 Å². The highest BCUT2D eigenvalue weighted by atomic mass is 19.4. The number of nitrogen functional groups attached to an aromatic ring is 4. The molecular formula is C42H33F9N4. The number of halogens is 9. The monoisotopic (exact) mass is 764 g/mol. The van der Waals surface area contributed by atoms with Crippen LogP contribution < -0.4 is 22.9 Å². The lowest BCUT2D eigenvalue weighted by atomic mass is 9.81. The van der Waals surface area contributed by atoms with E-state index in [1.165, 1.54) is 6.07 Å². The predicted octanol–water partition coefficient (Wildman–Crippen LogP) is 11.4. The fourth-order valence-corrected chi connectivity index (χ4v) is 6.74. The molecule has 0 spiro atoms. The fourth-order valence-electron chi connectivity index (χ4n) is 6.74. The molecule has 6 rings (SSSR count). The van der Waals surface area contributed by atoms with E-state index in [9.17, 15) is 39.5 Å². The summed E-state index contributed by atoms with van der Waals surface area (Å²) >= 11 is 0. The number of hydrogen-bond donors (Lipinski definition) is 4. The smallest absolute Gasteiger partial charge is 0.398 e. The second-order valence-corrected chi connectivity index (χ2v) is 13.3. The fraction of sp³-hybridized carbons (Fsp3) is 0.143. The molecule has 0 bridgehead atoms. The molecule has 0 aromatic heterocycles. The molecule has 4 nitrogen and oxygen atoms in total. The number of benzene rings is 6. The quantitative estimate of drug-likeness (QED) is 0.0738. The van der Waals surface area contributed by atoms with Crippen molar-refractivity contribution in [1.82, 2.24) is 0 Å². The van der Waals surface area contributed by atoms with Gasteiger partial charge in [-0.2, -0.15) is 39.5 Å². The number of alkyl halides is 9. The van der Waals surface area contributed by atoms with Crippen LogP contribution in [-0.2, 0) is 18.5 Å². The standard InChI is InChI=1S/C42H33F9N4/c1-22-2-14-34(52)30(18-22)38(31-19-27(40(43,44)45)11-15-35(31)53)25-7-3-23(4-8-25)24-5-9-26(10-6-24)39(32-20-28(41(46,47)48)12-16-36(32)54)33-21-29(42(49,50)51)13-17-37(33)55/h2-21,38-39H,52-55H2,1H3. The molecular weight excluding hydrogens is 731 g/mol. The number of nitrogens with two attached hydrogens (primary N) is 4. The Kier molecular flexibility index (Phi) is 10.0. The molecule has 0 saturated heterocycles. The van der Waals surface area contributed by atoms with Crippen LogP contribution in [0, 0.1) is 6.92 Å². The molecule has 0 aliphatic carbocycles. The van der Waals surface area contributed by atoms with Crippen molar-refractivity contribution in [3.63, 3.8) is 0 Å². The second kappa shape index (κ2) is 14.3. The molecule has 0 aliphatic rings. The van der Waals surface area contributed by atoms with Crippen LogP contribution in [0.4, 0.5) is 62.3 Å². The molecule has 0 aliphatic heterocycles. The summed E-state index contributed by atoms with van der Waals surface area (Å²) in [6, 6.07) is 27.0.